The molecule has 0 aliphatic rings. The van der Waals surface area contributed by atoms with Crippen molar-refractivity contribution in [3.05, 3.63) is 83.7 Å². The fraction of sp³-hybridized carbons (Fsp3) is 0.269. The molecule has 0 saturated carbocycles. The molecule has 34 heavy (non-hydrogen) atoms. The molecule has 3 N–H and O–H groups in total. The van der Waals surface area contributed by atoms with Crippen molar-refractivity contribution in [1.82, 2.24) is 30.0 Å². The molecule has 2 aromatic carbocycles. The highest BCUT2D eigenvalue weighted by Gasteiger charge is 2.28. The lowest BCUT2D eigenvalue weighted by molar-refractivity contribution is 0.0510. The quantitative estimate of drug-likeness (QED) is 0.347. The molecule has 5 aromatic rings. The number of carbonyl (C=O) groups is 1. The molecule has 0 saturated heterocycles. The minimum atomic E-state index is -0.616. The first kappa shape index (κ1) is 21.8. The van der Waals surface area contributed by atoms with Crippen LogP contribution in [-0.4, -0.2) is 36.4 Å². The first-order valence-corrected chi connectivity index (χ1v) is 11.3. The summed E-state index contributed by atoms with van der Waals surface area (Å²) in [5.74, 6) is 1.43. The Hall–Kier alpha value is -4.07. The molecular formula is C26H28N6O2. The maximum absolute atomic E-state index is 12.8. The lowest BCUT2D eigenvalue weighted by Crippen LogP contribution is -2.36. The van der Waals surface area contributed by atoms with Crippen molar-refractivity contribution >= 4 is 27.9 Å². The molecule has 0 fully saturated rings. The molecule has 0 aliphatic heterocycles. The average molecular weight is 457 g/mol. The number of benzene rings is 2. The average Bonchev–Trinajstić information content (AvgIpc) is 3.49. The van der Waals surface area contributed by atoms with Gasteiger partial charge in [-0.1, -0.05) is 36.4 Å². The number of aromatic nitrogens is 5. The van der Waals surface area contributed by atoms with Gasteiger partial charge in [-0.2, -0.15) is 0 Å². The monoisotopic (exact) mass is 456 g/mol. The zero-order chi connectivity index (χ0) is 23.9. The fourth-order valence-electron chi connectivity index (χ4n) is 4.27. The zero-order valence-corrected chi connectivity index (χ0v) is 19.7. The van der Waals surface area contributed by atoms with Crippen LogP contribution in [0.15, 0.2) is 60.9 Å². The third-order valence-corrected chi connectivity index (χ3v) is 5.87. The van der Waals surface area contributed by atoms with E-state index in [9.17, 15) is 4.79 Å². The predicted octanol–water partition coefficient (Wildman–Crippen LogP) is 4.98. The highest BCUT2D eigenvalue weighted by atomic mass is 16.6. The summed E-state index contributed by atoms with van der Waals surface area (Å²) in [7, 11) is 1.93. The van der Waals surface area contributed by atoms with Crippen LogP contribution >= 0.6 is 0 Å². The van der Waals surface area contributed by atoms with E-state index in [0.717, 1.165) is 38.8 Å². The summed E-state index contributed by atoms with van der Waals surface area (Å²) < 4.78 is 7.51. The van der Waals surface area contributed by atoms with E-state index in [-0.39, 0.29) is 0 Å². The summed E-state index contributed by atoms with van der Waals surface area (Å²) in [6.07, 6.45) is 4.01. The number of ether oxygens (including phenoxy) is 1. The van der Waals surface area contributed by atoms with Gasteiger partial charge < -0.3 is 24.6 Å². The van der Waals surface area contributed by atoms with Crippen LogP contribution in [0, 0.1) is 0 Å². The minimum Gasteiger partial charge on any atom is -0.444 e. The SMILES string of the molecule is Cn1c(Cc2c[nH]c3ccccc23)nnc1[C@@H](NC(=O)OC(C)(C)C)c1c[nH]c2ccccc12. The Morgan fingerprint density at radius 3 is 2.38 bits per heavy atom. The molecular weight excluding hydrogens is 428 g/mol. The highest BCUT2D eigenvalue weighted by molar-refractivity contribution is 5.85. The van der Waals surface area contributed by atoms with Crippen molar-refractivity contribution in [3.8, 4) is 0 Å². The van der Waals surface area contributed by atoms with Gasteiger partial charge in [-0.25, -0.2) is 4.79 Å². The molecule has 0 bridgehead atoms. The number of nitrogens with one attached hydrogen (secondary N) is 3. The molecule has 174 valence electrons. The molecule has 8 nitrogen and oxygen atoms in total. The van der Waals surface area contributed by atoms with Gasteiger partial charge in [-0.05, 0) is 38.5 Å². The Labute approximate surface area is 197 Å². The second-order valence-electron chi connectivity index (χ2n) is 9.44. The molecule has 0 aliphatic carbocycles. The Balaban J connectivity index is 1.52. The predicted molar refractivity (Wildman–Crippen MR) is 132 cm³/mol. The molecule has 8 heteroatoms. The largest absolute Gasteiger partial charge is 0.444 e. The lowest BCUT2D eigenvalue weighted by Gasteiger charge is -2.23. The third kappa shape index (κ3) is 4.14. The van der Waals surface area contributed by atoms with E-state index in [1.165, 1.54) is 0 Å². The smallest absolute Gasteiger partial charge is 0.408 e. The zero-order valence-electron chi connectivity index (χ0n) is 19.7. The summed E-state index contributed by atoms with van der Waals surface area (Å²) in [5, 5.41) is 14.2. The van der Waals surface area contributed by atoms with Gasteiger partial charge in [0.05, 0.1) is 0 Å². The van der Waals surface area contributed by atoms with E-state index < -0.39 is 17.7 Å². The molecule has 3 aromatic heterocycles. The topological polar surface area (TPSA) is 101 Å². The first-order chi connectivity index (χ1) is 16.3. The van der Waals surface area contributed by atoms with E-state index >= 15 is 0 Å². The van der Waals surface area contributed by atoms with Crippen LogP contribution in [0.5, 0.6) is 0 Å². The highest BCUT2D eigenvalue weighted by Crippen LogP contribution is 2.29. The van der Waals surface area contributed by atoms with E-state index in [1.54, 1.807) is 0 Å². The number of aromatic amines is 2. The Morgan fingerprint density at radius 1 is 1.00 bits per heavy atom. The van der Waals surface area contributed by atoms with Gasteiger partial charge in [0.25, 0.3) is 0 Å². The van der Waals surface area contributed by atoms with E-state index in [4.69, 9.17) is 4.74 Å². The summed E-state index contributed by atoms with van der Waals surface area (Å²) in [5.41, 5.74) is 3.49. The standard InChI is InChI=1S/C26H28N6O2/c1-26(2,3)34-25(33)29-23(19-15-28-21-12-8-6-10-18(19)21)24-31-30-22(32(24)4)13-16-14-27-20-11-7-5-9-17(16)20/h5-12,14-15,23,27-28H,13H2,1-4H3,(H,29,33)/t23-/m0/s1. The van der Waals surface area contributed by atoms with Crippen LogP contribution in [0.4, 0.5) is 4.79 Å². The molecule has 5 rings (SSSR count). The second-order valence-corrected chi connectivity index (χ2v) is 9.44. The number of rotatable bonds is 5. The van der Waals surface area contributed by atoms with E-state index in [1.807, 2.05) is 81.2 Å². The lowest BCUT2D eigenvalue weighted by atomic mass is 10.0. The summed E-state index contributed by atoms with van der Waals surface area (Å²) in [4.78, 5) is 19.4. The number of H-pyrrole nitrogens is 2. The van der Waals surface area contributed by atoms with E-state index in [0.29, 0.717) is 12.2 Å². The summed E-state index contributed by atoms with van der Waals surface area (Å²) in [6.45, 7) is 5.53. The van der Waals surface area contributed by atoms with Crippen LogP contribution in [0.25, 0.3) is 21.8 Å². The molecule has 0 spiro atoms. The van der Waals surface area contributed by atoms with Gasteiger partial charge in [-0.3, -0.25) is 0 Å². The number of fused-ring (bicyclic) bond motifs is 2. The number of carbonyl (C=O) groups excluding carboxylic acids is 1. The van der Waals surface area contributed by atoms with Gasteiger partial charge in [-0.15, -0.1) is 10.2 Å². The van der Waals surface area contributed by atoms with Crippen LogP contribution < -0.4 is 5.32 Å². The number of nitrogens with zero attached hydrogens (tertiary/aromatic N) is 3. The van der Waals surface area contributed by atoms with Crippen LogP contribution in [0.2, 0.25) is 0 Å². The maximum atomic E-state index is 12.8. The Kier molecular flexibility index (Phi) is 5.36. The van der Waals surface area contributed by atoms with Crippen molar-refractivity contribution in [2.45, 2.75) is 38.8 Å². The number of hydrogen-bond acceptors (Lipinski definition) is 4. The van der Waals surface area contributed by atoms with Gasteiger partial charge in [0, 0.05) is 53.2 Å². The van der Waals surface area contributed by atoms with Gasteiger partial charge in [0.15, 0.2) is 5.82 Å². The number of para-hydroxylation sites is 2. The van der Waals surface area contributed by atoms with Crippen molar-refractivity contribution in [1.29, 1.82) is 0 Å². The Morgan fingerprint density at radius 2 is 1.65 bits per heavy atom. The van der Waals surface area contributed by atoms with Gasteiger partial charge >= 0.3 is 6.09 Å². The number of amides is 1. The number of alkyl carbamates (subject to hydrolysis) is 1. The van der Waals surface area contributed by atoms with Crippen molar-refractivity contribution in [2.75, 3.05) is 0 Å². The van der Waals surface area contributed by atoms with Gasteiger partial charge in [0.2, 0.25) is 0 Å². The minimum absolute atomic E-state index is 0.510. The van der Waals surface area contributed by atoms with E-state index in [2.05, 4.69) is 37.6 Å². The molecule has 0 radical (unpaired) electrons. The number of hydrogen-bond donors (Lipinski definition) is 3. The summed E-state index contributed by atoms with van der Waals surface area (Å²) >= 11 is 0. The van der Waals surface area contributed by atoms with Crippen molar-refractivity contribution in [2.24, 2.45) is 7.05 Å². The van der Waals surface area contributed by atoms with Crippen LogP contribution in [-0.2, 0) is 18.2 Å². The molecule has 0 unspecified atom stereocenters. The first-order valence-electron chi connectivity index (χ1n) is 11.3. The fourth-order valence-corrected chi connectivity index (χ4v) is 4.27. The van der Waals surface area contributed by atoms with Gasteiger partial charge in [0.1, 0.15) is 17.5 Å². The molecule has 1 amide bonds. The van der Waals surface area contributed by atoms with Crippen molar-refractivity contribution in [3.63, 3.8) is 0 Å². The molecule has 3 heterocycles. The Bertz CT molecular complexity index is 1470. The third-order valence-electron chi connectivity index (χ3n) is 5.87. The normalized spacial score (nSPS) is 12.8. The summed E-state index contributed by atoms with van der Waals surface area (Å²) in [6, 6.07) is 15.6. The molecule has 1 atom stereocenters. The maximum Gasteiger partial charge on any atom is 0.408 e. The second kappa shape index (κ2) is 8.37. The van der Waals surface area contributed by atoms with Crippen LogP contribution in [0.3, 0.4) is 0 Å². The van der Waals surface area contributed by atoms with Crippen molar-refractivity contribution < 1.29 is 9.53 Å². The van der Waals surface area contributed by atoms with Crippen LogP contribution in [0.1, 0.15) is 49.6 Å².